The van der Waals surface area contributed by atoms with Crippen LogP contribution < -0.4 is 15.8 Å². The van der Waals surface area contributed by atoms with Gasteiger partial charge in [0.15, 0.2) is 6.61 Å². The lowest BCUT2D eigenvalue weighted by Crippen LogP contribution is -2.35. The molecule has 1 heterocycles. The fraction of sp³-hybridized carbons (Fsp3) is 0.579. The number of carbonyl (C=O) groups is 2. The maximum atomic E-state index is 12.6. The summed E-state index contributed by atoms with van der Waals surface area (Å²) in [6, 6.07) is 2.98. The molecule has 150 valence electrons. The van der Waals surface area contributed by atoms with E-state index in [1.807, 2.05) is 0 Å². The van der Waals surface area contributed by atoms with Gasteiger partial charge in [-0.15, -0.1) is 0 Å². The van der Waals surface area contributed by atoms with Crippen LogP contribution in [0.25, 0.3) is 0 Å². The Hall–Kier alpha value is -1.99. The molecule has 8 heteroatoms. The molecular weight excluding hydrogens is 368 g/mol. The van der Waals surface area contributed by atoms with Gasteiger partial charge in [-0.05, 0) is 32.0 Å². The molecule has 3 N–H and O–H groups in total. The van der Waals surface area contributed by atoms with Crippen molar-refractivity contribution < 1.29 is 14.3 Å². The van der Waals surface area contributed by atoms with Gasteiger partial charge < -0.3 is 25.6 Å². The minimum Gasteiger partial charge on any atom is -0.483 e. The van der Waals surface area contributed by atoms with Crippen molar-refractivity contribution in [2.45, 2.75) is 26.7 Å². The summed E-state index contributed by atoms with van der Waals surface area (Å²) in [6.07, 6.45) is 2.03. The van der Waals surface area contributed by atoms with E-state index < -0.39 is 0 Å². The molecule has 0 saturated carbocycles. The number of carbonyl (C=O) groups excluding carboxylic acids is 2. The van der Waals surface area contributed by atoms with Crippen molar-refractivity contribution in [2.24, 2.45) is 0 Å². The Morgan fingerprint density at radius 1 is 1.26 bits per heavy atom. The molecule has 1 aromatic rings. The van der Waals surface area contributed by atoms with Crippen LogP contribution in [0.15, 0.2) is 12.1 Å². The van der Waals surface area contributed by atoms with E-state index in [0.717, 1.165) is 45.6 Å². The second-order valence-corrected chi connectivity index (χ2v) is 6.94. The molecule has 0 spiro atoms. The first kappa shape index (κ1) is 21.3. The summed E-state index contributed by atoms with van der Waals surface area (Å²) in [6.45, 7) is 8.65. The molecule has 0 unspecified atom stereocenters. The monoisotopic (exact) mass is 396 g/mol. The van der Waals surface area contributed by atoms with E-state index in [1.54, 1.807) is 4.90 Å². The van der Waals surface area contributed by atoms with Crippen LogP contribution in [0.5, 0.6) is 5.75 Å². The third-order valence-corrected chi connectivity index (χ3v) is 5.09. The van der Waals surface area contributed by atoms with Gasteiger partial charge in [0, 0.05) is 32.2 Å². The highest BCUT2D eigenvalue weighted by Gasteiger charge is 2.20. The minimum absolute atomic E-state index is 0.0890. The topological polar surface area (TPSA) is 87.9 Å². The number of amides is 2. The Bertz CT molecular complexity index is 659. The highest BCUT2D eigenvalue weighted by molar-refractivity contribution is 6.33. The van der Waals surface area contributed by atoms with Crippen LogP contribution >= 0.6 is 11.6 Å². The van der Waals surface area contributed by atoms with Gasteiger partial charge in [-0.2, -0.15) is 0 Å². The summed E-state index contributed by atoms with van der Waals surface area (Å²) < 4.78 is 5.64. The molecule has 0 aliphatic carbocycles. The van der Waals surface area contributed by atoms with E-state index in [9.17, 15) is 9.59 Å². The normalized spacial score (nSPS) is 13.9. The number of ether oxygens (including phenoxy) is 1. The number of hydrogen-bond acceptors (Lipinski definition) is 5. The third kappa shape index (κ3) is 6.01. The number of benzene rings is 1. The van der Waals surface area contributed by atoms with E-state index in [0.29, 0.717) is 12.2 Å². The van der Waals surface area contributed by atoms with Crippen LogP contribution in [-0.2, 0) is 4.79 Å². The summed E-state index contributed by atoms with van der Waals surface area (Å²) in [7, 11) is 0. The van der Waals surface area contributed by atoms with Gasteiger partial charge in [0.05, 0.1) is 16.3 Å². The summed E-state index contributed by atoms with van der Waals surface area (Å²) in [4.78, 5) is 28.8. The fourth-order valence-corrected chi connectivity index (χ4v) is 3.19. The van der Waals surface area contributed by atoms with E-state index in [1.165, 1.54) is 12.1 Å². The van der Waals surface area contributed by atoms with Crippen LogP contribution in [0.3, 0.4) is 0 Å². The lowest BCUT2D eigenvalue weighted by Gasteiger charge is -2.19. The number of nitrogens with one attached hydrogen (secondary N) is 1. The fourth-order valence-electron chi connectivity index (χ4n) is 3.03. The molecule has 1 aromatic carbocycles. The van der Waals surface area contributed by atoms with Crippen LogP contribution in [0, 0.1) is 0 Å². The van der Waals surface area contributed by atoms with Gasteiger partial charge in [0.1, 0.15) is 5.75 Å². The maximum absolute atomic E-state index is 12.6. The molecule has 2 rings (SSSR count). The number of halogens is 1. The zero-order valence-electron chi connectivity index (χ0n) is 16.1. The lowest BCUT2D eigenvalue weighted by molar-refractivity contribution is -0.132. The molecule has 0 radical (unpaired) electrons. The average Bonchev–Trinajstić information content (AvgIpc) is 3.20. The number of hydrogen-bond donors (Lipinski definition) is 2. The van der Waals surface area contributed by atoms with Crippen molar-refractivity contribution in [2.75, 3.05) is 51.6 Å². The van der Waals surface area contributed by atoms with E-state index in [2.05, 4.69) is 24.1 Å². The van der Waals surface area contributed by atoms with E-state index in [-0.39, 0.29) is 34.8 Å². The van der Waals surface area contributed by atoms with Gasteiger partial charge in [-0.25, -0.2) is 0 Å². The summed E-state index contributed by atoms with van der Waals surface area (Å²) in [5, 5.41) is 3.15. The Morgan fingerprint density at radius 3 is 2.56 bits per heavy atom. The number of anilines is 1. The SMILES string of the molecule is CCN(CC)CCNC(=O)c1cc(Cl)c(N)cc1OCC(=O)N1CCCC1. The zero-order chi connectivity index (χ0) is 19.8. The predicted octanol–water partition coefficient (Wildman–Crippen LogP) is 1.99. The van der Waals surface area contributed by atoms with E-state index >= 15 is 0 Å². The Labute approximate surface area is 165 Å². The first-order valence-corrected chi connectivity index (χ1v) is 9.84. The molecule has 1 aliphatic rings. The van der Waals surface area contributed by atoms with Crippen molar-refractivity contribution in [1.29, 1.82) is 0 Å². The Kier molecular flexibility index (Phi) is 8.19. The number of nitrogen functional groups attached to an aromatic ring is 1. The second-order valence-electron chi connectivity index (χ2n) is 6.53. The summed E-state index contributed by atoms with van der Waals surface area (Å²) in [5.74, 6) is -0.119. The number of likely N-dealkylation sites (tertiary alicyclic amines) is 1. The molecular formula is C19H29ClN4O3. The van der Waals surface area contributed by atoms with E-state index in [4.69, 9.17) is 22.1 Å². The minimum atomic E-state index is -0.298. The number of nitrogens with zero attached hydrogens (tertiary/aromatic N) is 2. The smallest absolute Gasteiger partial charge is 0.260 e. The van der Waals surface area contributed by atoms with Crippen molar-refractivity contribution in [3.8, 4) is 5.75 Å². The molecule has 7 nitrogen and oxygen atoms in total. The van der Waals surface area contributed by atoms with Gasteiger partial charge >= 0.3 is 0 Å². The molecule has 1 aliphatic heterocycles. The molecule has 2 amide bonds. The Balaban J connectivity index is 2.02. The van der Waals surface area contributed by atoms with Gasteiger partial charge in [0.25, 0.3) is 11.8 Å². The molecule has 0 bridgehead atoms. The van der Waals surface area contributed by atoms with Crippen molar-refractivity contribution in [3.05, 3.63) is 22.7 Å². The largest absolute Gasteiger partial charge is 0.483 e. The van der Waals surface area contributed by atoms with Crippen molar-refractivity contribution >= 4 is 29.1 Å². The van der Waals surface area contributed by atoms with Crippen LogP contribution in [0.1, 0.15) is 37.0 Å². The lowest BCUT2D eigenvalue weighted by atomic mass is 10.1. The van der Waals surface area contributed by atoms with Gasteiger partial charge in [-0.3, -0.25) is 9.59 Å². The molecule has 0 atom stereocenters. The standard InChI is InChI=1S/C19H29ClN4O3/c1-3-23(4-2)10-7-22-19(26)14-11-15(20)16(21)12-17(14)27-13-18(25)24-8-5-6-9-24/h11-12H,3-10,13,21H2,1-2H3,(H,22,26). The first-order valence-electron chi connectivity index (χ1n) is 9.46. The predicted molar refractivity (Wildman–Crippen MR) is 107 cm³/mol. The van der Waals surface area contributed by atoms with Crippen LogP contribution in [0.4, 0.5) is 5.69 Å². The molecule has 1 fully saturated rings. The van der Waals surface area contributed by atoms with Crippen LogP contribution in [0.2, 0.25) is 5.02 Å². The zero-order valence-corrected chi connectivity index (χ0v) is 16.8. The number of likely N-dealkylation sites (N-methyl/N-ethyl adjacent to an activating group) is 1. The van der Waals surface area contributed by atoms with Crippen molar-refractivity contribution in [3.63, 3.8) is 0 Å². The maximum Gasteiger partial charge on any atom is 0.260 e. The van der Waals surface area contributed by atoms with Gasteiger partial charge in [0.2, 0.25) is 0 Å². The average molecular weight is 397 g/mol. The quantitative estimate of drug-likeness (QED) is 0.623. The van der Waals surface area contributed by atoms with Crippen LogP contribution in [-0.4, -0.2) is 67.5 Å². The molecule has 0 aromatic heterocycles. The second kappa shape index (κ2) is 10.4. The number of nitrogens with two attached hydrogens (primary N) is 1. The third-order valence-electron chi connectivity index (χ3n) is 4.76. The highest BCUT2D eigenvalue weighted by atomic mass is 35.5. The summed E-state index contributed by atoms with van der Waals surface area (Å²) in [5.41, 5.74) is 6.43. The summed E-state index contributed by atoms with van der Waals surface area (Å²) >= 11 is 6.08. The Morgan fingerprint density at radius 2 is 1.93 bits per heavy atom. The van der Waals surface area contributed by atoms with Gasteiger partial charge in [-0.1, -0.05) is 25.4 Å². The molecule has 27 heavy (non-hydrogen) atoms. The first-order chi connectivity index (χ1) is 13.0. The molecule has 1 saturated heterocycles. The number of rotatable bonds is 9. The highest BCUT2D eigenvalue weighted by Crippen LogP contribution is 2.29. The van der Waals surface area contributed by atoms with Crippen molar-refractivity contribution in [1.82, 2.24) is 15.1 Å².